The zero-order valence-electron chi connectivity index (χ0n) is 12.8. The lowest BCUT2D eigenvalue weighted by Crippen LogP contribution is -2.34. The highest BCUT2D eigenvalue weighted by Crippen LogP contribution is 2.32. The van der Waals surface area contributed by atoms with Gasteiger partial charge in [-0.1, -0.05) is 0 Å². The van der Waals surface area contributed by atoms with Crippen LogP contribution in [-0.4, -0.2) is 27.0 Å². The molecule has 0 bridgehead atoms. The number of hydrogen-bond donors (Lipinski definition) is 1. The van der Waals surface area contributed by atoms with Crippen molar-refractivity contribution < 1.29 is 17.9 Å². The van der Waals surface area contributed by atoms with Gasteiger partial charge in [-0.3, -0.25) is 4.79 Å². The zero-order chi connectivity index (χ0) is 16.4. The third kappa shape index (κ3) is 4.61. The Kier molecular flexibility index (Phi) is 5.64. The molecule has 1 amide bonds. The van der Waals surface area contributed by atoms with Crippen molar-refractivity contribution in [2.75, 3.05) is 6.61 Å². The predicted molar refractivity (Wildman–Crippen MR) is 82.5 cm³/mol. The Balaban J connectivity index is 3.06. The van der Waals surface area contributed by atoms with Crippen LogP contribution in [0.15, 0.2) is 11.0 Å². The van der Waals surface area contributed by atoms with E-state index < -0.39 is 9.05 Å². The van der Waals surface area contributed by atoms with Crippen molar-refractivity contribution in [3.63, 3.8) is 0 Å². The van der Waals surface area contributed by atoms with Crippen molar-refractivity contribution in [1.29, 1.82) is 0 Å². The van der Waals surface area contributed by atoms with E-state index in [9.17, 15) is 13.2 Å². The minimum atomic E-state index is -3.81. The van der Waals surface area contributed by atoms with Crippen molar-refractivity contribution in [3.8, 4) is 5.75 Å². The average Bonchev–Trinajstić information content (AvgIpc) is 2.31. The molecule has 0 fully saturated rings. The normalized spacial score (nSPS) is 11.6. The van der Waals surface area contributed by atoms with Crippen LogP contribution in [0.3, 0.4) is 0 Å². The molecule has 0 aromatic heterocycles. The second kappa shape index (κ2) is 6.66. The first-order chi connectivity index (χ1) is 9.54. The predicted octanol–water partition coefficient (Wildman–Crippen LogP) is 2.44. The van der Waals surface area contributed by atoms with Crippen LogP contribution in [0.4, 0.5) is 0 Å². The van der Waals surface area contributed by atoms with Gasteiger partial charge in [0, 0.05) is 16.7 Å². The maximum absolute atomic E-state index is 11.6. The Bertz CT molecular complexity index is 653. The summed E-state index contributed by atoms with van der Waals surface area (Å²) < 4.78 is 28.6. The molecular formula is C14H20ClNO4S. The number of carbonyl (C=O) groups is 1. The molecule has 7 heteroatoms. The van der Waals surface area contributed by atoms with E-state index in [1.807, 2.05) is 13.8 Å². The lowest BCUT2D eigenvalue weighted by molar-refractivity contribution is -0.123. The van der Waals surface area contributed by atoms with E-state index in [-0.39, 0.29) is 23.5 Å². The molecule has 1 aromatic rings. The van der Waals surface area contributed by atoms with Crippen LogP contribution >= 0.6 is 10.7 Å². The van der Waals surface area contributed by atoms with Gasteiger partial charge in [-0.15, -0.1) is 0 Å². The SMILES string of the molecule is Cc1cc(S(=O)(=O)Cl)c(C)c(C)c1OCC(=O)NC(C)C. The summed E-state index contributed by atoms with van der Waals surface area (Å²) in [7, 11) is 1.61. The number of benzene rings is 1. The number of ether oxygens (including phenoxy) is 1. The van der Waals surface area contributed by atoms with Gasteiger partial charge in [0.15, 0.2) is 6.61 Å². The highest BCUT2D eigenvalue weighted by molar-refractivity contribution is 8.13. The maximum atomic E-state index is 11.6. The van der Waals surface area contributed by atoms with Crippen LogP contribution in [0.1, 0.15) is 30.5 Å². The number of nitrogens with one attached hydrogen (secondary N) is 1. The van der Waals surface area contributed by atoms with Crippen molar-refractivity contribution >= 4 is 25.6 Å². The summed E-state index contributed by atoms with van der Waals surface area (Å²) >= 11 is 0. The molecule has 0 aliphatic heterocycles. The van der Waals surface area contributed by atoms with Crippen LogP contribution in [0.5, 0.6) is 5.75 Å². The molecule has 0 atom stereocenters. The van der Waals surface area contributed by atoms with E-state index in [1.54, 1.807) is 20.8 Å². The Morgan fingerprint density at radius 1 is 1.29 bits per heavy atom. The third-order valence-corrected chi connectivity index (χ3v) is 4.49. The topological polar surface area (TPSA) is 72.5 Å². The molecule has 1 N–H and O–H groups in total. The first kappa shape index (κ1) is 17.8. The Labute approximate surface area is 130 Å². The van der Waals surface area contributed by atoms with E-state index >= 15 is 0 Å². The van der Waals surface area contributed by atoms with Gasteiger partial charge in [-0.25, -0.2) is 8.42 Å². The van der Waals surface area contributed by atoms with E-state index in [1.165, 1.54) is 6.07 Å². The molecule has 0 heterocycles. The maximum Gasteiger partial charge on any atom is 0.261 e. The summed E-state index contributed by atoms with van der Waals surface area (Å²) in [6, 6.07) is 1.49. The van der Waals surface area contributed by atoms with E-state index in [2.05, 4.69) is 5.32 Å². The minimum absolute atomic E-state index is 0.0359. The standard InChI is InChI=1S/C14H20ClNO4S/c1-8(2)16-13(17)7-20-14-9(3)6-12(21(15,18)19)10(4)11(14)5/h6,8H,7H2,1-5H3,(H,16,17). The van der Waals surface area contributed by atoms with E-state index in [0.717, 1.165) is 0 Å². The number of carbonyl (C=O) groups excluding carboxylic acids is 1. The molecule has 118 valence electrons. The van der Waals surface area contributed by atoms with Gasteiger partial charge in [-0.05, 0) is 57.4 Å². The first-order valence-corrected chi connectivity index (χ1v) is 8.82. The Morgan fingerprint density at radius 3 is 2.33 bits per heavy atom. The lowest BCUT2D eigenvalue weighted by Gasteiger charge is -2.16. The fourth-order valence-electron chi connectivity index (χ4n) is 2.00. The van der Waals surface area contributed by atoms with Crippen LogP contribution in [0.25, 0.3) is 0 Å². The number of amides is 1. The molecule has 0 aliphatic carbocycles. The number of halogens is 1. The number of aryl methyl sites for hydroxylation is 1. The third-order valence-electron chi connectivity index (χ3n) is 3.04. The molecule has 0 unspecified atom stereocenters. The number of rotatable bonds is 5. The Hall–Kier alpha value is -1.27. The summed E-state index contributed by atoms with van der Waals surface area (Å²) in [4.78, 5) is 11.7. The molecule has 0 radical (unpaired) electrons. The van der Waals surface area contributed by atoms with E-state index in [4.69, 9.17) is 15.4 Å². The quantitative estimate of drug-likeness (QED) is 0.840. The molecule has 0 saturated heterocycles. The molecule has 5 nitrogen and oxygen atoms in total. The van der Waals surface area contributed by atoms with Crippen molar-refractivity contribution in [1.82, 2.24) is 5.32 Å². The summed E-state index contributed by atoms with van der Waals surface area (Å²) in [6.07, 6.45) is 0. The largest absolute Gasteiger partial charge is 0.483 e. The fourth-order valence-corrected chi connectivity index (χ4v) is 3.32. The van der Waals surface area contributed by atoms with Crippen LogP contribution in [-0.2, 0) is 13.8 Å². The summed E-state index contributed by atoms with van der Waals surface area (Å²) in [5.41, 5.74) is 1.80. The number of hydrogen-bond acceptors (Lipinski definition) is 4. The van der Waals surface area contributed by atoms with Crippen LogP contribution < -0.4 is 10.1 Å². The summed E-state index contributed by atoms with van der Waals surface area (Å²) in [5.74, 6) is 0.283. The van der Waals surface area contributed by atoms with Gasteiger partial charge in [0.1, 0.15) is 5.75 Å². The van der Waals surface area contributed by atoms with Gasteiger partial charge in [-0.2, -0.15) is 0 Å². The molecule has 1 aromatic carbocycles. The first-order valence-electron chi connectivity index (χ1n) is 6.51. The second-order valence-corrected chi connectivity index (χ2v) is 7.75. The fraction of sp³-hybridized carbons (Fsp3) is 0.500. The Morgan fingerprint density at radius 2 is 1.86 bits per heavy atom. The van der Waals surface area contributed by atoms with E-state index in [0.29, 0.717) is 22.4 Å². The van der Waals surface area contributed by atoms with Crippen LogP contribution in [0, 0.1) is 20.8 Å². The minimum Gasteiger partial charge on any atom is -0.483 e. The molecule has 0 aliphatic rings. The van der Waals surface area contributed by atoms with Crippen LogP contribution in [0.2, 0.25) is 0 Å². The van der Waals surface area contributed by atoms with Crippen molar-refractivity contribution in [2.45, 2.75) is 45.6 Å². The summed E-state index contributed by atoms with van der Waals surface area (Å²) in [6.45, 7) is 8.71. The molecule has 0 saturated carbocycles. The van der Waals surface area contributed by atoms with Gasteiger partial charge in [0.25, 0.3) is 15.0 Å². The highest BCUT2D eigenvalue weighted by atomic mass is 35.7. The van der Waals surface area contributed by atoms with Crippen molar-refractivity contribution in [2.24, 2.45) is 0 Å². The van der Waals surface area contributed by atoms with Gasteiger partial charge < -0.3 is 10.1 Å². The monoisotopic (exact) mass is 333 g/mol. The smallest absolute Gasteiger partial charge is 0.261 e. The van der Waals surface area contributed by atoms with Crippen molar-refractivity contribution in [3.05, 3.63) is 22.8 Å². The molecule has 0 spiro atoms. The molecule has 21 heavy (non-hydrogen) atoms. The van der Waals surface area contributed by atoms with Gasteiger partial charge in [0.2, 0.25) is 0 Å². The van der Waals surface area contributed by atoms with Gasteiger partial charge in [0.05, 0.1) is 4.90 Å². The molecule has 1 rings (SSSR count). The highest BCUT2D eigenvalue weighted by Gasteiger charge is 2.20. The van der Waals surface area contributed by atoms with Gasteiger partial charge >= 0.3 is 0 Å². The lowest BCUT2D eigenvalue weighted by atomic mass is 10.1. The molecular weight excluding hydrogens is 314 g/mol. The second-order valence-electron chi connectivity index (χ2n) is 5.22. The zero-order valence-corrected chi connectivity index (χ0v) is 14.4. The summed E-state index contributed by atoms with van der Waals surface area (Å²) in [5, 5.41) is 2.72. The average molecular weight is 334 g/mol.